The van der Waals surface area contributed by atoms with Gasteiger partial charge in [-0.25, -0.2) is 4.98 Å². The second kappa shape index (κ2) is 11.1. The molecule has 0 atom stereocenters. The zero-order valence-corrected chi connectivity index (χ0v) is 18.9. The molecular weight excluding hydrogens is 439 g/mol. The van der Waals surface area contributed by atoms with Gasteiger partial charge in [-0.2, -0.15) is 4.98 Å². The average molecular weight is 465 g/mol. The quantitative estimate of drug-likeness (QED) is 0.602. The molecule has 1 amide bonds. The number of hydrogen-bond donors (Lipinski definition) is 1. The van der Waals surface area contributed by atoms with E-state index in [9.17, 15) is 9.59 Å². The van der Waals surface area contributed by atoms with Crippen LogP contribution in [0, 0.1) is 0 Å². The molecule has 1 aliphatic rings. The third kappa shape index (κ3) is 5.32. The van der Waals surface area contributed by atoms with E-state index in [4.69, 9.17) is 0 Å². The number of pyridine rings is 2. The molecule has 4 rings (SSSR count). The first-order valence-electron chi connectivity index (χ1n) is 9.99. The second-order valence-electron chi connectivity index (χ2n) is 7.12. The van der Waals surface area contributed by atoms with E-state index < -0.39 is 0 Å². The topological polar surface area (TPSA) is 93.0 Å². The smallest absolute Gasteiger partial charge is 0.256 e. The van der Waals surface area contributed by atoms with Gasteiger partial charge in [-0.15, -0.1) is 24.8 Å². The molecule has 10 heteroatoms. The molecule has 1 fully saturated rings. The molecule has 4 heterocycles. The molecule has 31 heavy (non-hydrogen) atoms. The minimum atomic E-state index is -0.378. The van der Waals surface area contributed by atoms with E-state index in [0.717, 1.165) is 31.5 Å². The summed E-state index contributed by atoms with van der Waals surface area (Å²) in [6.07, 6.45) is 9.52. The number of anilines is 1. The van der Waals surface area contributed by atoms with Crippen LogP contribution in [0.3, 0.4) is 0 Å². The standard InChI is InChI=1S/C21H24N6O2.2ClH/c1-2-26-14-17(20(29)23-10-7-15-5-8-22-9-6-15)18(28)16-13-24-21(25-19(16)26)27-11-3-4-12-27;;/h5-6,8-9,13-14H,2-4,7,10-12H2,1H3,(H,23,29);2*1H. The highest BCUT2D eigenvalue weighted by molar-refractivity contribution is 5.96. The van der Waals surface area contributed by atoms with Crippen molar-refractivity contribution in [3.8, 4) is 0 Å². The predicted octanol–water partition coefficient (Wildman–Crippen LogP) is 2.62. The van der Waals surface area contributed by atoms with Crippen molar-refractivity contribution in [3.63, 3.8) is 0 Å². The van der Waals surface area contributed by atoms with Crippen molar-refractivity contribution in [2.75, 3.05) is 24.5 Å². The normalized spacial score (nSPS) is 12.9. The van der Waals surface area contributed by atoms with Crippen LogP contribution in [-0.4, -0.2) is 45.1 Å². The maximum atomic E-state index is 12.9. The highest BCUT2D eigenvalue weighted by Gasteiger charge is 2.19. The summed E-state index contributed by atoms with van der Waals surface area (Å²) in [5, 5.41) is 3.21. The number of aryl methyl sites for hydroxylation is 1. The minimum absolute atomic E-state index is 0. The van der Waals surface area contributed by atoms with E-state index in [1.807, 2.05) is 23.6 Å². The Hall–Kier alpha value is -2.71. The molecule has 0 unspecified atom stereocenters. The van der Waals surface area contributed by atoms with Crippen LogP contribution in [0.2, 0.25) is 0 Å². The lowest BCUT2D eigenvalue weighted by atomic mass is 10.1. The second-order valence-corrected chi connectivity index (χ2v) is 7.12. The van der Waals surface area contributed by atoms with Crippen LogP contribution >= 0.6 is 24.8 Å². The van der Waals surface area contributed by atoms with Crippen molar-refractivity contribution >= 4 is 47.7 Å². The lowest BCUT2D eigenvalue weighted by Crippen LogP contribution is -2.31. The number of carbonyl (C=O) groups is 1. The molecule has 0 radical (unpaired) electrons. The fourth-order valence-electron chi connectivity index (χ4n) is 3.60. The van der Waals surface area contributed by atoms with Crippen LogP contribution in [0.25, 0.3) is 11.0 Å². The maximum Gasteiger partial charge on any atom is 0.256 e. The first-order valence-corrected chi connectivity index (χ1v) is 9.99. The number of halogens is 2. The van der Waals surface area contributed by atoms with E-state index in [1.54, 1.807) is 24.8 Å². The number of fused-ring (bicyclic) bond motifs is 1. The molecule has 3 aromatic heterocycles. The SMILES string of the molecule is CCn1cc(C(=O)NCCc2ccncc2)c(=O)c2cnc(N3CCCC3)nc21.Cl.Cl. The molecule has 1 aliphatic heterocycles. The van der Waals surface area contributed by atoms with Gasteiger partial charge in [0.15, 0.2) is 0 Å². The number of rotatable bonds is 6. The van der Waals surface area contributed by atoms with Crippen LogP contribution in [0.4, 0.5) is 5.95 Å². The summed E-state index contributed by atoms with van der Waals surface area (Å²) >= 11 is 0. The first-order chi connectivity index (χ1) is 14.2. The largest absolute Gasteiger partial charge is 0.352 e. The highest BCUT2D eigenvalue weighted by Crippen LogP contribution is 2.18. The van der Waals surface area contributed by atoms with E-state index in [0.29, 0.717) is 36.5 Å². The fraction of sp³-hybridized carbons (Fsp3) is 0.381. The van der Waals surface area contributed by atoms with Gasteiger partial charge in [0, 0.05) is 51.0 Å². The molecule has 0 bridgehead atoms. The summed E-state index contributed by atoms with van der Waals surface area (Å²) in [6, 6.07) is 3.81. The number of nitrogens with zero attached hydrogens (tertiary/aromatic N) is 5. The van der Waals surface area contributed by atoms with Gasteiger partial charge in [0.2, 0.25) is 11.4 Å². The molecule has 3 aromatic rings. The summed E-state index contributed by atoms with van der Waals surface area (Å²) in [7, 11) is 0. The number of nitrogens with one attached hydrogen (secondary N) is 1. The number of aromatic nitrogens is 4. The van der Waals surface area contributed by atoms with Crippen molar-refractivity contribution in [3.05, 3.63) is 58.3 Å². The van der Waals surface area contributed by atoms with Crippen molar-refractivity contribution in [1.82, 2.24) is 24.8 Å². The summed E-state index contributed by atoms with van der Waals surface area (Å²) in [4.78, 5) is 40.7. The molecule has 0 saturated carbocycles. The maximum absolute atomic E-state index is 12.9. The van der Waals surface area contributed by atoms with E-state index in [-0.39, 0.29) is 41.7 Å². The zero-order chi connectivity index (χ0) is 20.2. The molecule has 0 spiro atoms. The van der Waals surface area contributed by atoms with Gasteiger partial charge in [-0.05, 0) is 43.9 Å². The summed E-state index contributed by atoms with van der Waals surface area (Å²) < 4.78 is 1.84. The minimum Gasteiger partial charge on any atom is -0.352 e. The third-order valence-corrected chi connectivity index (χ3v) is 5.22. The van der Waals surface area contributed by atoms with Gasteiger partial charge in [0.25, 0.3) is 5.91 Å². The van der Waals surface area contributed by atoms with Crippen LogP contribution in [0.5, 0.6) is 0 Å². The van der Waals surface area contributed by atoms with Crippen molar-refractivity contribution in [2.24, 2.45) is 0 Å². The molecular formula is C21H26Cl2N6O2. The lowest BCUT2D eigenvalue weighted by molar-refractivity contribution is 0.0952. The summed E-state index contributed by atoms with van der Waals surface area (Å²) in [5.41, 5.74) is 1.43. The van der Waals surface area contributed by atoms with Crippen molar-refractivity contribution < 1.29 is 4.79 Å². The van der Waals surface area contributed by atoms with Gasteiger partial charge in [0.1, 0.15) is 11.2 Å². The monoisotopic (exact) mass is 464 g/mol. The summed E-state index contributed by atoms with van der Waals surface area (Å²) in [6.45, 7) is 4.87. The summed E-state index contributed by atoms with van der Waals surface area (Å²) in [5.74, 6) is 0.267. The van der Waals surface area contributed by atoms with E-state index in [2.05, 4.69) is 25.2 Å². The first kappa shape index (κ1) is 24.6. The molecule has 1 saturated heterocycles. The van der Waals surface area contributed by atoms with Crippen molar-refractivity contribution in [1.29, 1.82) is 0 Å². The van der Waals surface area contributed by atoms with Gasteiger partial charge in [-0.3, -0.25) is 14.6 Å². The van der Waals surface area contributed by atoms with Gasteiger partial charge >= 0.3 is 0 Å². The third-order valence-electron chi connectivity index (χ3n) is 5.22. The predicted molar refractivity (Wildman–Crippen MR) is 126 cm³/mol. The molecule has 8 nitrogen and oxygen atoms in total. The highest BCUT2D eigenvalue weighted by atomic mass is 35.5. The molecule has 166 valence electrons. The Morgan fingerprint density at radius 3 is 2.55 bits per heavy atom. The van der Waals surface area contributed by atoms with Crippen LogP contribution < -0.4 is 15.6 Å². The van der Waals surface area contributed by atoms with Crippen molar-refractivity contribution in [2.45, 2.75) is 32.7 Å². The zero-order valence-electron chi connectivity index (χ0n) is 17.3. The molecule has 0 aromatic carbocycles. The lowest BCUT2D eigenvalue weighted by Gasteiger charge is -2.17. The number of carbonyl (C=O) groups excluding carboxylic acids is 1. The Balaban J connectivity index is 0.00000171. The van der Waals surface area contributed by atoms with Crippen LogP contribution in [0.15, 0.2) is 41.7 Å². The van der Waals surface area contributed by atoms with Gasteiger partial charge in [-0.1, -0.05) is 0 Å². The van der Waals surface area contributed by atoms with E-state index >= 15 is 0 Å². The Morgan fingerprint density at radius 1 is 1.16 bits per heavy atom. The van der Waals surface area contributed by atoms with Gasteiger partial charge in [0.05, 0.1) is 5.39 Å². The number of hydrogen-bond acceptors (Lipinski definition) is 6. The Kier molecular flexibility index (Phi) is 8.76. The van der Waals surface area contributed by atoms with Crippen LogP contribution in [-0.2, 0) is 13.0 Å². The fourth-order valence-corrected chi connectivity index (χ4v) is 3.60. The molecule has 0 aliphatic carbocycles. The van der Waals surface area contributed by atoms with Gasteiger partial charge < -0.3 is 14.8 Å². The average Bonchev–Trinajstić information content (AvgIpc) is 3.29. The van der Waals surface area contributed by atoms with E-state index in [1.165, 1.54) is 0 Å². The Morgan fingerprint density at radius 2 is 1.87 bits per heavy atom. The number of amides is 1. The Labute approximate surface area is 192 Å². The van der Waals surface area contributed by atoms with Crippen LogP contribution in [0.1, 0.15) is 35.7 Å². The molecule has 1 N–H and O–H groups in total. The Bertz CT molecular complexity index is 1080.